The number of nitrogens with two attached hydrogens (primary N) is 2. The van der Waals surface area contributed by atoms with Crippen LogP contribution in [0.2, 0.25) is 0 Å². The first-order chi connectivity index (χ1) is 7.24. The lowest BCUT2D eigenvalue weighted by Gasteiger charge is -2.13. The van der Waals surface area contributed by atoms with Crippen LogP contribution in [0.1, 0.15) is 17.2 Å². The summed E-state index contributed by atoms with van der Waals surface area (Å²) in [6.45, 7) is 2.59. The summed E-state index contributed by atoms with van der Waals surface area (Å²) >= 11 is 0. The average molecular weight is 200 g/mol. The molecule has 0 aromatic heterocycles. The van der Waals surface area contributed by atoms with Crippen molar-refractivity contribution in [2.24, 2.45) is 11.5 Å². The van der Waals surface area contributed by atoms with Crippen LogP contribution in [0, 0.1) is 6.92 Å². The summed E-state index contributed by atoms with van der Waals surface area (Å²) in [7, 11) is 0. The fourth-order valence-electron chi connectivity index (χ4n) is 1.92. The van der Waals surface area contributed by atoms with Crippen LogP contribution in [0.25, 0.3) is 10.8 Å². The molecule has 1 atom stereocenters. The Hall–Kier alpha value is -1.38. The second-order valence-corrected chi connectivity index (χ2v) is 3.86. The Morgan fingerprint density at radius 1 is 1.07 bits per heavy atom. The summed E-state index contributed by atoms with van der Waals surface area (Å²) in [5, 5.41) is 2.48. The quantitative estimate of drug-likeness (QED) is 0.780. The maximum atomic E-state index is 5.99. The van der Waals surface area contributed by atoms with Gasteiger partial charge in [-0.3, -0.25) is 0 Å². The second kappa shape index (κ2) is 4.01. The molecule has 2 aromatic carbocycles. The molecule has 0 aliphatic rings. The topological polar surface area (TPSA) is 52.0 Å². The van der Waals surface area contributed by atoms with E-state index in [0.29, 0.717) is 6.54 Å². The van der Waals surface area contributed by atoms with Crippen molar-refractivity contribution in [2.45, 2.75) is 13.0 Å². The van der Waals surface area contributed by atoms with E-state index >= 15 is 0 Å². The van der Waals surface area contributed by atoms with Crippen LogP contribution >= 0.6 is 0 Å². The lowest BCUT2D eigenvalue weighted by atomic mass is 9.96. The van der Waals surface area contributed by atoms with Gasteiger partial charge in [-0.15, -0.1) is 0 Å². The van der Waals surface area contributed by atoms with E-state index in [1.54, 1.807) is 0 Å². The van der Waals surface area contributed by atoms with E-state index in [9.17, 15) is 0 Å². The summed E-state index contributed by atoms with van der Waals surface area (Å²) in [6, 6.07) is 12.4. The van der Waals surface area contributed by atoms with Crippen LogP contribution in [0.15, 0.2) is 36.4 Å². The minimum Gasteiger partial charge on any atom is -0.329 e. The first-order valence-electron chi connectivity index (χ1n) is 5.18. The van der Waals surface area contributed by atoms with Gasteiger partial charge in [0.05, 0.1) is 0 Å². The highest BCUT2D eigenvalue weighted by Crippen LogP contribution is 2.25. The number of rotatable bonds is 2. The van der Waals surface area contributed by atoms with Crippen LogP contribution in [-0.4, -0.2) is 6.54 Å². The molecule has 0 unspecified atom stereocenters. The van der Waals surface area contributed by atoms with Gasteiger partial charge in [0.2, 0.25) is 0 Å². The summed E-state index contributed by atoms with van der Waals surface area (Å²) in [4.78, 5) is 0. The number of hydrogen-bond acceptors (Lipinski definition) is 2. The van der Waals surface area contributed by atoms with E-state index in [4.69, 9.17) is 11.5 Å². The number of benzene rings is 2. The van der Waals surface area contributed by atoms with Crippen molar-refractivity contribution in [2.75, 3.05) is 6.54 Å². The van der Waals surface area contributed by atoms with E-state index < -0.39 is 0 Å². The van der Waals surface area contributed by atoms with Gasteiger partial charge in [0.15, 0.2) is 0 Å². The van der Waals surface area contributed by atoms with Crippen molar-refractivity contribution < 1.29 is 0 Å². The highest BCUT2D eigenvalue weighted by atomic mass is 14.7. The Kier molecular flexibility index (Phi) is 2.71. The van der Waals surface area contributed by atoms with Crippen LogP contribution in [0.5, 0.6) is 0 Å². The number of fused-ring (bicyclic) bond motifs is 1. The van der Waals surface area contributed by atoms with Crippen molar-refractivity contribution in [3.05, 3.63) is 47.5 Å². The molecule has 0 aliphatic heterocycles. The molecule has 0 aliphatic carbocycles. The van der Waals surface area contributed by atoms with Crippen LogP contribution in [0.4, 0.5) is 0 Å². The fraction of sp³-hybridized carbons (Fsp3) is 0.231. The normalized spacial score (nSPS) is 13.0. The smallest absolute Gasteiger partial charge is 0.0425 e. The van der Waals surface area contributed by atoms with Gasteiger partial charge >= 0.3 is 0 Å². The maximum absolute atomic E-state index is 5.99. The molecule has 0 radical (unpaired) electrons. The van der Waals surface area contributed by atoms with Gasteiger partial charge in [-0.25, -0.2) is 0 Å². The number of hydrogen-bond donors (Lipinski definition) is 2. The Balaban J connectivity index is 2.71. The third kappa shape index (κ3) is 1.74. The third-order valence-corrected chi connectivity index (χ3v) is 2.83. The molecule has 2 aromatic rings. The lowest BCUT2D eigenvalue weighted by molar-refractivity contribution is 0.743. The SMILES string of the molecule is Cc1ccc([C@@H](N)CN)c2ccccc12. The Morgan fingerprint density at radius 3 is 2.40 bits per heavy atom. The van der Waals surface area contributed by atoms with Gasteiger partial charge in [0.1, 0.15) is 0 Å². The van der Waals surface area contributed by atoms with Crippen LogP contribution in [-0.2, 0) is 0 Å². The van der Waals surface area contributed by atoms with Gasteiger partial charge in [-0.1, -0.05) is 36.4 Å². The van der Waals surface area contributed by atoms with E-state index in [1.165, 1.54) is 16.3 Å². The van der Waals surface area contributed by atoms with Crippen molar-refractivity contribution in [3.63, 3.8) is 0 Å². The van der Waals surface area contributed by atoms with E-state index in [1.807, 2.05) is 12.1 Å². The molecular weight excluding hydrogens is 184 g/mol. The van der Waals surface area contributed by atoms with Gasteiger partial charge in [-0.2, -0.15) is 0 Å². The zero-order valence-electron chi connectivity index (χ0n) is 8.90. The second-order valence-electron chi connectivity index (χ2n) is 3.86. The first kappa shape index (κ1) is 10.1. The molecule has 0 saturated carbocycles. The Morgan fingerprint density at radius 2 is 1.73 bits per heavy atom. The summed E-state index contributed by atoms with van der Waals surface area (Å²) < 4.78 is 0. The average Bonchev–Trinajstić information content (AvgIpc) is 2.29. The molecule has 0 heterocycles. The summed E-state index contributed by atoms with van der Waals surface area (Å²) in [5.74, 6) is 0. The Labute approximate surface area is 89.9 Å². The Bertz CT molecular complexity index is 477. The summed E-state index contributed by atoms with van der Waals surface area (Å²) in [6.07, 6.45) is 0. The van der Waals surface area contributed by atoms with E-state index in [0.717, 1.165) is 5.56 Å². The van der Waals surface area contributed by atoms with Crippen molar-refractivity contribution in [1.29, 1.82) is 0 Å². The predicted octanol–water partition coefficient (Wildman–Crippen LogP) is 2.11. The van der Waals surface area contributed by atoms with E-state index in [2.05, 4.69) is 31.2 Å². The van der Waals surface area contributed by atoms with Crippen LogP contribution < -0.4 is 11.5 Å². The largest absolute Gasteiger partial charge is 0.329 e. The number of aryl methyl sites for hydroxylation is 1. The van der Waals surface area contributed by atoms with Crippen LogP contribution in [0.3, 0.4) is 0 Å². The highest BCUT2D eigenvalue weighted by molar-refractivity contribution is 5.88. The van der Waals surface area contributed by atoms with Crippen molar-refractivity contribution >= 4 is 10.8 Å². The zero-order chi connectivity index (χ0) is 10.8. The first-order valence-corrected chi connectivity index (χ1v) is 5.18. The molecule has 4 N–H and O–H groups in total. The molecule has 0 fully saturated rings. The fourth-order valence-corrected chi connectivity index (χ4v) is 1.92. The molecule has 2 heteroatoms. The molecule has 0 amide bonds. The highest BCUT2D eigenvalue weighted by Gasteiger charge is 2.08. The zero-order valence-corrected chi connectivity index (χ0v) is 8.90. The van der Waals surface area contributed by atoms with Gasteiger partial charge in [-0.05, 0) is 28.8 Å². The monoisotopic (exact) mass is 200 g/mol. The minimum atomic E-state index is -0.0736. The van der Waals surface area contributed by atoms with Gasteiger partial charge < -0.3 is 11.5 Å². The standard InChI is InChI=1S/C13H16N2/c1-9-6-7-12(13(15)8-14)11-5-3-2-4-10(9)11/h2-7,13H,8,14-15H2,1H3/t13-/m0/s1. The molecule has 2 nitrogen and oxygen atoms in total. The molecule has 0 saturated heterocycles. The predicted molar refractivity (Wildman–Crippen MR) is 64.7 cm³/mol. The lowest BCUT2D eigenvalue weighted by Crippen LogP contribution is -2.20. The van der Waals surface area contributed by atoms with Gasteiger partial charge in [0, 0.05) is 12.6 Å². The molecule has 78 valence electrons. The molecule has 0 spiro atoms. The van der Waals surface area contributed by atoms with Crippen molar-refractivity contribution in [3.8, 4) is 0 Å². The van der Waals surface area contributed by atoms with Gasteiger partial charge in [0.25, 0.3) is 0 Å². The minimum absolute atomic E-state index is 0.0736. The van der Waals surface area contributed by atoms with E-state index in [-0.39, 0.29) is 6.04 Å². The molecular formula is C13H16N2. The third-order valence-electron chi connectivity index (χ3n) is 2.83. The summed E-state index contributed by atoms with van der Waals surface area (Å²) in [5.41, 5.74) is 14.0. The molecule has 15 heavy (non-hydrogen) atoms. The maximum Gasteiger partial charge on any atom is 0.0425 e. The van der Waals surface area contributed by atoms with Crippen molar-refractivity contribution in [1.82, 2.24) is 0 Å². The molecule has 0 bridgehead atoms. The molecule has 2 rings (SSSR count).